The Bertz CT molecular complexity index is 228. The largest absolute Gasteiger partial charge is 0.355 e. The molecule has 0 aromatic rings. The molecule has 0 heterocycles. The molecule has 0 aromatic carbocycles. The predicted molar refractivity (Wildman–Crippen MR) is 71.8 cm³/mol. The van der Waals surface area contributed by atoms with Crippen LogP contribution in [0.25, 0.3) is 0 Å². The minimum atomic E-state index is 0.0918. The minimum Gasteiger partial charge on any atom is -0.355 e. The number of hydrogen-bond acceptors (Lipinski definition) is 2. The van der Waals surface area contributed by atoms with Crippen molar-refractivity contribution in [1.29, 1.82) is 0 Å². The molecule has 2 unspecified atom stereocenters. The fourth-order valence-electron chi connectivity index (χ4n) is 2.53. The van der Waals surface area contributed by atoms with Crippen LogP contribution in [0.3, 0.4) is 0 Å². The van der Waals surface area contributed by atoms with Crippen molar-refractivity contribution in [3.05, 3.63) is 0 Å². The Morgan fingerprint density at radius 2 is 2.06 bits per heavy atom. The van der Waals surface area contributed by atoms with Gasteiger partial charge in [0.2, 0.25) is 5.91 Å². The summed E-state index contributed by atoms with van der Waals surface area (Å²) in [6, 6.07) is 0. The van der Waals surface area contributed by atoms with Gasteiger partial charge in [-0.2, -0.15) is 0 Å². The second-order valence-corrected chi connectivity index (χ2v) is 5.79. The molecule has 1 saturated carbocycles. The van der Waals surface area contributed by atoms with Crippen LogP contribution in [0, 0.1) is 17.8 Å². The first-order valence-electron chi connectivity index (χ1n) is 7.08. The lowest BCUT2D eigenvalue weighted by Gasteiger charge is -2.26. The summed E-state index contributed by atoms with van der Waals surface area (Å²) in [5.74, 6) is 1.99. The average Bonchev–Trinajstić information content (AvgIpc) is 2.28. The van der Waals surface area contributed by atoms with Crippen molar-refractivity contribution in [2.45, 2.75) is 46.5 Å². The van der Waals surface area contributed by atoms with Gasteiger partial charge in [0.1, 0.15) is 0 Å². The van der Waals surface area contributed by atoms with E-state index in [1.165, 1.54) is 25.7 Å². The Labute approximate surface area is 106 Å². The van der Waals surface area contributed by atoms with Gasteiger partial charge in [-0.1, -0.05) is 33.6 Å². The first-order valence-corrected chi connectivity index (χ1v) is 7.08. The fraction of sp³-hybridized carbons (Fsp3) is 0.929. The van der Waals surface area contributed by atoms with E-state index in [9.17, 15) is 4.79 Å². The van der Waals surface area contributed by atoms with Gasteiger partial charge in [-0.3, -0.25) is 4.79 Å². The number of rotatable bonds is 6. The summed E-state index contributed by atoms with van der Waals surface area (Å²) >= 11 is 0. The highest BCUT2D eigenvalue weighted by Crippen LogP contribution is 2.27. The molecule has 3 nitrogen and oxygen atoms in total. The molecule has 3 heteroatoms. The molecule has 1 fully saturated rings. The molecule has 1 rings (SSSR count). The van der Waals surface area contributed by atoms with E-state index in [1.54, 1.807) is 0 Å². The smallest absolute Gasteiger partial charge is 0.222 e. The van der Waals surface area contributed by atoms with E-state index in [1.807, 2.05) is 13.8 Å². The monoisotopic (exact) mass is 240 g/mol. The summed E-state index contributed by atoms with van der Waals surface area (Å²) in [4.78, 5) is 11.3. The molecule has 2 N–H and O–H groups in total. The molecule has 1 aliphatic carbocycles. The highest BCUT2D eigenvalue weighted by atomic mass is 16.1. The van der Waals surface area contributed by atoms with Gasteiger partial charge in [0.25, 0.3) is 0 Å². The summed E-state index contributed by atoms with van der Waals surface area (Å²) < 4.78 is 0. The van der Waals surface area contributed by atoms with Crippen LogP contribution in [0.15, 0.2) is 0 Å². The van der Waals surface area contributed by atoms with Crippen molar-refractivity contribution in [3.63, 3.8) is 0 Å². The van der Waals surface area contributed by atoms with Crippen molar-refractivity contribution in [2.24, 2.45) is 17.8 Å². The third kappa shape index (κ3) is 6.06. The highest BCUT2D eigenvalue weighted by Gasteiger charge is 2.18. The number of carbonyl (C=O) groups is 1. The molecule has 0 spiro atoms. The number of carbonyl (C=O) groups excluding carboxylic acids is 1. The first kappa shape index (κ1) is 14.5. The van der Waals surface area contributed by atoms with Gasteiger partial charge in [-0.25, -0.2) is 0 Å². The maximum atomic E-state index is 11.3. The van der Waals surface area contributed by atoms with Crippen molar-refractivity contribution in [1.82, 2.24) is 10.6 Å². The second kappa shape index (κ2) is 7.70. The molecule has 1 aliphatic rings. The summed E-state index contributed by atoms with van der Waals surface area (Å²) in [6.07, 6.45) is 5.53. The Hall–Kier alpha value is -0.570. The predicted octanol–water partition coefficient (Wildman–Crippen LogP) is 2.17. The van der Waals surface area contributed by atoms with Crippen molar-refractivity contribution < 1.29 is 4.79 Å². The van der Waals surface area contributed by atoms with Crippen LogP contribution in [-0.2, 0) is 4.79 Å². The van der Waals surface area contributed by atoms with Gasteiger partial charge < -0.3 is 10.6 Å². The first-order chi connectivity index (χ1) is 8.09. The summed E-state index contributed by atoms with van der Waals surface area (Å²) in [5.41, 5.74) is 0. The number of amides is 1. The van der Waals surface area contributed by atoms with E-state index < -0.39 is 0 Å². The average molecular weight is 240 g/mol. The Kier molecular flexibility index (Phi) is 6.56. The molecule has 0 aromatic heterocycles. The Morgan fingerprint density at radius 3 is 2.71 bits per heavy atom. The molecular weight excluding hydrogens is 212 g/mol. The van der Waals surface area contributed by atoms with E-state index in [4.69, 9.17) is 0 Å². The van der Waals surface area contributed by atoms with Crippen LogP contribution in [0.1, 0.15) is 46.5 Å². The minimum absolute atomic E-state index is 0.0918. The van der Waals surface area contributed by atoms with Crippen molar-refractivity contribution >= 4 is 5.91 Å². The van der Waals surface area contributed by atoms with E-state index >= 15 is 0 Å². The van der Waals surface area contributed by atoms with Crippen molar-refractivity contribution in [2.75, 3.05) is 19.6 Å². The molecule has 0 bridgehead atoms. The van der Waals surface area contributed by atoms with Crippen molar-refractivity contribution in [3.8, 4) is 0 Å². The molecule has 0 aliphatic heterocycles. The van der Waals surface area contributed by atoms with E-state index in [0.717, 1.165) is 31.5 Å². The van der Waals surface area contributed by atoms with Crippen LogP contribution >= 0.6 is 0 Å². The Balaban J connectivity index is 1.98. The normalized spacial score (nSPS) is 24.9. The third-order valence-corrected chi connectivity index (χ3v) is 3.60. The lowest BCUT2D eigenvalue weighted by Crippen LogP contribution is -2.36. The molecule has 0 radical (unpaired) electrons. The topological polar surface area (TPSA) is 41.1 Å². The number of hydrogen-bond donors (Lipinski definition) is 2. The van der Waals surface area contributed by atoms with Gasteiger partial charge in [-0.15, -0.1) is 0 Å². The van der Waals surface area contributed by atoms with Crippen LogP contribution < -0.4 is 10.6 Å². The maximum Gasteiger partial charge on any atom is 0.222 e. The molecule has 1 amide bonds. The molecule has 0 saturated heterocycles. The van der Waals surface area contributed by atoms with Gasteiger partial charge in [0.15, 0.2) is 0 Å². The van der Waals surface area contributed by atoms with Gasteiger partial charge >= 0.3 is 0 Å². The zero-order valence-corrected chi connectivity index (χ0v) is 11.6. The van der Waals surface area contributed by atoms with Crippen LogP contribution in [-0.4, -0.2) is 25.5 Å². The van der Waals surface area contributed by atoms with Crippen LogP contribution in [0.2, 0.25) is 0 Å². The lowest BCUT2D eigenvalue weighted by molar-refractivity contribution is -0.123. The third-order valence-electron chi connectivity index (χ3n) is 3.60. The van der Waals surface area contributed by atoms with Crippen LogP contribution in [0.4, 0.5) is 0 Å². The molecular formula is C14H28N2O. The number of nitrogens with one attached hydrogen (secondary N) is 2. The molecule has 100 valence electrons. The quantitative estimate of drug-likeness (QED) is 0.699. The maximum absolute atomic E-state index is 11.3. The zero-order valence-electron chi connectivity index (χ0n) is 11.6. The van der Waals surface area contributed by atoms with Gasteiger partial charge in [-0.05, 0) is 31.2 Å². The fourth-order valence-corrected chi connectivity index (χ4v) is 2.53. The van der Waals surface area contributed by atoms with Gasteiger partial charge in [0, 0.05) is 19.0 Å². The molecule has 2 atom stereocenters. The highest BCUT2D eigenvalue weighted by molar-refractivity contribution is 5.77. The van der Waals surface area contributed by atoms with E-state index in [0.29, 0.717) is 0 Å². The Morgan fingerprint density at radius 1 is 1.29 bits per heavy atom. The SMILES string of the molecule is CC1CCCC(CNCCNC(=O)C(C)C)C1. The summed E-state index contributed by atoms with van der Waals surface area (Å²) in [7, 11) is 0. The van der Waals surface area contributed by atoms with E-state index in [-0.39, 0.29) is 11.8 Å². The lowest BCUT2D eigenvalue weighted by atomic mass is 9.82. The van der Waals surface area contributed by atoms with E-state index in [2.05, 4.69) is 17.6 Å². The van der Waals surface area contributed by atoms with Gasteiger partial charge in [0.05, 0.1) is 0 Å². The van der Waals surface area contributed by atoms with Crippen LogP contribution in [0.5, 0.6) is 0 Å². The second-order valence-electron chi connectivity index (χ2n) is 5.79. The zero-order chi connectivity index (χ0) is 12.7. The standard InChI is InChI=1S/C14H28N2O/c1-11(2)14(17)16-8-7-15-10-13-6-4-5-12(3)9-13/h11-13,15H,4-10H2,1-3H3,(H,16,17). The summed E-state index contributed by atoms with van der Waals surface area (Å²) in [5, 5.41) is 6.38. The summed E-state index contributed by atoms with van der Waals surface area (Å²) in [6.45, 7) is 8.96. The molecule has 17 heavy (non-hydrogen) atoms.